The van der Waals surface area contributed by atoms with Crippen LogP contribution in [-0.2, 0) is 0 Å². The molecule has 150 valence electrons. The van der Waals surface area contributed by atoms with Gasteiger partial charge in [-0.2, -0.15) is 0 Å². The molecule has 2 aromatic carbocycles. The number of likely N-dealkylation sites (N-methyl/N-ethyl adjacent to an activating group) is 1. The molecule has 0 N–H and O–H groups in total. The van der Waals surface area contributed by atoms with Gasteiger partial charge in [-0.1, -0.05) is 35.1 Å². The van der Waals surface area contributed by atoms with Crippen LogP contribution in [0.4, 0.5) is 5.13 Å². The Morgan fingerprint density at radius 1 is 1.21 bits per heavy atom. The molecule has 1 amide bonds. The summed E-state index contributed by atoms with van der Waals surface area (Å²) in [6, 6.07) is 11.5. The van der Waals surface area contributed by atoms with E-state index in [1.807, 2.05) is 63.7 Å². The lowest BCUT2D eigenvalue weighted by atomic mass is 10.2. The number of anilines is 1. The van der Waals surface area contributed by atoms with Gasteiger partial charge in [0, 0.05) is 23.0 Å². The second-order valence-corrected chi connectivity index (χ2v) is 8.82. The number of aromatic nitrogens is 1. The van der Waals surface area contributed by atoms with Crippen LogP contribution >= 0.6 is 47.1 Å². The highest BCUT2D eigenvalue weighted by Gasteiger charge is 2.23. The van der Waals surface area contributed by atoms with Gasteiger partial charge in [-0.15, -0.1) is 24.2 Å². The molecule has 1 aromatic heterocycles. The van der Waals surface area contributed by atoms with E-state index in [4.69, 9.17) is 16.6 Å². The van der Waals surface area contributed by atoms with Gasteiger partial charge in [0.05, 0.1) is 15.8 Å². The smallest absolute Gasteiger partial charge is 0.261 e. The summed E-state index contributed by atoms with van der Waals surface area (Å²) in [6.07, 6.45) is 1.99. The minimum absolute atomic E-state index is 0. The maximum Gasteiger partial charge on any atom is 0.261 e. The molecule has 0 spiro atoms. The second kappa shape index (κ2) is 9.94. The number of benzene rings is 2. The molecule has 0 saturated heterocycles. The van der Waals surface area contributed by atoms with E-state index in [0.717, 1.165) is 27.2 Å². The molecule has 8 heteroatoms. The lowest BCUT2D eigenvalue weighted by Gasteiger charge is -2.22. The van der Waals surface area contributed by atoms with Gasteiger partial charge in [-0.3, -0.25) is 9.69 Å². The van der Waals surface area contributed by atoms with Crippen molar-refractivity contribution in [1.29, 1.82) is 0 Å². The summed E-state index contributed by atoms with van der Waals surface area (Å²) >= 11 is 9.29. The standard InChI is InChI=1S/C20H22ClN3OS2.ClH/c1-13-11-14(21)12-17-18(13)22-20(27-17)24(10-9-23(2)3)19(25)15-7-5-6-8-16(15)26-4;/h5-8,11-12H,9-10H2,1-4H3;1H. The summed E-state index contributed by atoms with van der Waals surface area (Å²) in [7, 11) is 4.00. The largest absolute Gasteiger partial charge is 0.308 e. The van der Waals surface area contributed by atoms with Crippen molar-refractivity contribution in [2.75, 3.05) is 38.3 Å². The van der Waals surface area contributed by atoms with Crippen molar-refractivity contribution in [2.45, 2.75) is 11.8 Å². The Morgan fingerprint density at radius 3 is 2.61 bits per heavy atom. The predicted octanol–water partition coefficient (Wildman–Crippen LogP) is 5.61. The van der Waals surface area contributed by atoms with Crippen molar-refractivity contribution in [3.05, 3.63) is 52.5 Å². The zero-order chi connectivity index (χ0) is 19.6. The van der Waals surface area contributed by atoms with Gasteiger partial charge < -0.3 is 4.90 Å². The molecule has 1 heterocycles. The fourth-order valence-electron chi connectivity index (χ4n) is 2.81. The van der Waals surface area contributed by atoms with Gasteiger partial charge in [0.25, 0.3) is 5.91 Å². The van der Waals surface area contributed by atoms with Crippen molar-refractivity contribution < 1.29 is 4.79 Å². The van der Waals surface area contributed by atoms with Crippen molar-refractivity contribution in [2.24, 2.45) is 0 Å². The molecule has 0 radical (unpaired) electrons. The van der Waals surface area contributed by atoms with Crippen LogP contribution in [0.2, 0.25) is 5.02 Å². The number of hydrogen-bond acceptors (Lipinski definition) is 5. The van der Waals surface area contributed by atoms with E-state index in [0.29, 0.717) is 22.3 Å². The molecule has 4 nitrogen and oxygen atoms in total. The molecule has 28 heavy (non-hydrogen) atoms. The van der Waals surface area contributed by atoms with E-state index in [2.05, 4.69) is 4.90 Å². The highest BCUT2D eigenvalue weighted by Crippen LogP contribution is 2.34. The van der Waals surface area contributed by atoms with E-state index in [9.17, 15) is 4.79 Å². The van der Waals surface area contributed by atoms with Crippen LogP contribution in [0.25, 0.3) is 10.2 Å². The summed E-state index contributed by atoms with van der Waals surface area (Å²) in [5.41, 5.74) is 2.63. The molecule has 3 rings (SSSR count). The first-order valence-electron chi connectivity index (χ1n) is 8.57. The lowest BCUT2D eigenvalue weighted by Crippen LogP contribution is -2.37. The Bertz CT molecular complexity index is 975. The minimum atomic E-state index is -0.0235. The quantitative estimate of drug-likeness (QED) is 0.452. The highest BCUT2D eigenvalue weighted by atomic mass is 35.5. The van der Waals surface area contributed by atoms with Gasteiger partial charge in [0.2, 0.25) is 0 Å². The van der Waals surface area contributed by atoms with Gasteiger partial charge in [0.15, 0.2) is 5.13 Å². The Balaban J connectivity index is 0.00000280. The van der Waals surface area contributed by atoms with Crippen LogP contribution in [0, 0.1) is 6.92 Å². The topological polar surface area (TPSA) is 36.4 Å². The number of fused-ring (bicyclic) bond motifs is 1. The third-order valence-corrected chi connectivity index (χ3v) is 6.26. The third-order valence-electron chi connectivity index (χ3n) is 4.22. The molecular weight excluding hydrogens is 433 g/mol. The van der Waals surface area contributed by atoms with E-state index in [-0.39, 0.29) is 18.3 Å². The number of rotatable bonds is 6. The monoisotopic (exact) mass is 455 g/mol. The predicted molar refractivity (Wildman–Crippen MR) is 125 cm³/mol. The molecule has 0 saturated carbocycles. The van der Waals surface area contributed by atoms with E-state index in [1.54, 1.807) is 16.7 Å². The Labute approximate surface area is 185 Å². The van der Waals surface area contributed by atoms with Gasteiger partial charge in [-0.05, 0) is 57.1 Å². The van der Waals surface area contributed by atoms with Crippen LogP contribution < -0.4 is 4.90 Å². The van der Waals surface area contributed by atoms with E-state index < -0.39 is 0 Å². The van der Waals surface area contributed by atoms with Crippen molar-refractivity contribution in [1.82, 2.24) is 9.88 Å². The van der Waals surface area contributed by atoms with Crippen LogP contribution in [0.15, 0.2) is 41.3 Å². The number of amides is 1. The molecule has 0 aliphatic rings. The van der Waals surface area contributed by atoms with Crippen LogP contribution in [0.1, 0.15) is 15.9 Å². The number of thiazole rings is 1. The number of aryl methyl sites for hydroxylation is 1. The fraction of sp³-hybridized carbons (Fsp3) is 0.300. The average Bonchev–Trinajstić information content (AvgIpc) is 3.05. The number of carbonyl (C=O) groups is 1. The lowest BCUT2D eigenvalue weighted by molar-refractivity contribution is 0.0982. The van der Waals surface area contributed by atoms with Crippen molar-refractivity contribution >= 4 is 68.4 Å². The Hall–Kier alpha value is -1.31. The van der Waals surface area contributed by atoms with Gasteiger partial charge in [-0.25, -0.2) is 4.98 Å². The van der Waals surface area contributed by atoms with Crippen LogP contribution in [-0.4, -0.2) is 49.2 Å². The summed E-state index contributed by atoms with van der Waals surface area (Å²) in [5.74, 6) is -0.0235. The average molecular weight is 456 g/mol. The van der Waals surface area contributed by atoms with Crippen LogP contribution in [0.5, 0.6) is 0 Å². The zero-order valence-electron chi connectivity index (χ0n) is 16.2. The number of hydrogen-bond donors (Lipinski definition) is 0. The first-order chi connectivity index (χ1) is 12.9. The molecule has 0 atom stereocenters. The molecule has 0 fully saturated rings. The molecule has 0 bridgehead atoms. The maximum atomic E-state index is 13.4. The molecular formula is C20H23Cl2N3OS2. The molecule has 0 aliphatic heterocycles. The summed E-state index contributed by atoms with van der Waals surface area (Å²) < 4.78 is 0.996. The number of carbonyl (C=O) groups excluding carboxylic acids is 1. The first kappa shape index (κ1) is 23.0. The zero-order valence-corrected chi connectivity index (χ0v) is 19.4. The highest BCUT2D eigenvalue weighted by molar-refractivity contribution is 7.98. The normalized spacial score (nSPS) is 10.9. The number of nitrogens with zero attached hydrogens (tertiary/aromatic N) is 3. The van der Waals surface area contributed by atoms with Gasteiger partial charge in [0.1, 0.15) is 0 Å². The third kappa shape index (κ3) is 4.99. The molecule has 0 aliphatic carbocycles. The minimum Gasteiger partial charge on any atom is -0.308 e. The Kier molecular flexibility index (Phi) is 8.16. The van der Waals surface area contributed by atoms with Crippen LogP contribution in [0.3, 0.4) is 0 Å². The summed E-state index contributed by atoms with van der Waals surface area (Å²) in [4.78, 5) is 23.0. The van der Waals surface area contributed by atoms with E-state index in [1.165, 1.54) is 11.3 Å². The molecule has 0 unspecified atom stereocenters. The van der Waals surface area contributed by atoms with Gasteiger partial charge >= 0.3 is 0 Å². The Morgan fingerprint density at radius 2 is 1.93 bits per heavy atom. The van der Waals surface area contributed by atoms with Crippen molar-refractivity contribution in [3.8, 4) is 0 Å². The fourth-order valence-corrected chi connectivity index (χ4v) is 4.84. The number of thioether (sulfide) groups is 1. The first-order valence-corrected chi connectivity index (χ1v) is 11.0. The van der Waals surface area contributed by atoms with Crippen molar-refractivity contribution in [3.63, 3.8) is 0 Å². The van der Waals surface area contributed by atoms with E-state index >= 15 is 0 Å². The molecule has 3 aromatic rings. The number of halogens is 2. The maximum absolute atomic E-state index is 13.4. The summed E-state index contributed by atoms with van der Waals surface area (Å²) in [6.45, 7) is 3.32. The SMILES string of the molecule is CSc1ccccc1C(=O)N(CCN(C)C)c1nc2c(C)cc(Cl)cc2s1.Cl. The second-order valence-electron chi connectivity index (χ2n) is 6.53. The summed E-state index contributed by atoms with van der Waals surface area (Å²) in [5, 5.41) is 1.40.